The van der Waals surface area contributed by atoms with Gasteiger partial charge in [0.2, 0.25) is 6.23 Å². The molecule has 0 aliphatic carbocycles. The lowest BCUT2D eigenvalue weighted by molar-refractivity contribution is -0.396. The second-order valence-electron chi connectivity index (χ2n) is 6.62. The average molecular weight is 318 g/mol. The Hall–Kier alpha value is -2.05. The molecule has 0 spiro atoms. The first-order chi connectivity index (χ1) is 10.9. The topological polar surface area (TPSA) is 63.8 Å². The van der Waals surface area contributed by atoms with Crippen molar-refractivity contribution in [2.75, 3.05) is 13.7 Å². The lowest BCUT2D eigenvalue weighted by Gasteiger charge is -2.34. The molecule has 1 atom stereocenters. The van der Waals surface area contributed by atoms with Crippen LogP contribution in [-0.4, -0.2) is 35.2 Å². The fourth-order valence-corrected chi connectivity index (χ4v) is 2.80. The highest BCUT2D eigenvalue weighted by Crippen LogP contribution is 2.36. The van der Waals surface area contributed by atoms with E-state index in [-0.39, 0.29) is 0 Å². The first-order valence-electron chi connectivity index (χ1n) is 7.69. The minimum Gasteiger partial charge on any atom is -0.453 e. The summed E-state index contributed by atoms with van der Waals surface area (Å²) >= 11 is 0. The van der Waals surface area contributed by atoms with Crippen LogP contribution in [0.4, 0.5) is 4.79 Å². The summed E-state index contributed by atoms with van der Waals surface area (Å²) in [6.07, 6.45) is -0.348. The van der Waals surface area contributed by atoms with Gasteiger partial charge >= 0.3 is 6.09 Å². The SMILES string of the molecule is COC(=O)N1CCc2c([nH]c3ccccc23)C1OOC(C)(C)C. The number of H-pyrrole nitrogens is 1. The van der Waals surface area contributed by atoms with Crippen molar-refractivity contribution in [2.45, 2.75) is 39.0 Å². The van der Waals surface area contributed by atoms with Gasteiger partial charge in [0.1, 0.15) is 0 Å². The van der Waals surface area contributed by atoms with Crippen LogP contribution in [0.15, 0.2) is 24.3 Å². The van der Waals surface area contributed by atoms with Gasteiger partial charge in [-0.2, -0.15) is 0 Å². The predicted molar refractivity (Wildman–Crippen MR) is 85.8 cm³/mol. The van der Waals surface area contributed by atoms with E-state index in [9.17, 15) is 4.79 Å². The number of aromatic nitrogens is 1. The van der Waals surface area contributed by atoms with E-state index in [1.165, 1.54) is 12.0 Å². The van der Waals surface area contributed by atoms with Gasteiger partial charge in [-0.25, -0.2) is 14.6 Å². The zero-order valence-electron chi connectivity index (χ0n) is 13.9. The molecule has 0 fully saturated rings. The summed E-state index contributed by atoms with van der Waals surface area (Å²) in [4.78, 5) is 28.1. The highest BCUT2D eigenvalue weighted by Gasteiger charge is 2.36. The summed E-state index contributed by atoms with van der Waals surface area (Å²) in [6, 6.07) is 8.06. The Bertz CT molecular complexity index is 717. The monoisotopic (exact) mass is 318 g/mol. The first kappa shape index (κ1) is 15.8. The lowest BCUT2D eigenvalue weighted by atomic mass is 10.0. The van der Waals surface area contributed by atoms with Crippen molar-refractivity contribution in [3.05, 3.63) is 35.5 Å². The molecule has 1 aliphatic heterocycles. The van der Waals surface area contributed by atoms with Gasteiger partial charge in [0.25, 0.3) is 0 Å². The molecule has 124 valence electrons. The Morgan fingerprint density at radius 3 is 2.74 bits per heavy atom. The molecule has 1 N–H and O–H groups in total. The van der Waals surface area contributed by atoms with E-state index in [1.807, 2.05) is 39.0 Å². The maximum Gasteiger partial charge on any atom is 0.411 e. The number of hydrogen-bond acceptors (Lipinski definition) is 4. The number of carbonyl (C=O) groups excluding carboxylic acids is 1. The fourth-order valence-electron chi connectivity index (χ4n) is 2.80. The molecule has 0 saturated carbocycles. The minimum absolute atomic E-state index is 0.434. The molecule has 0 radical (unpaired) electrons. The summed E-state index contributed by atoms with van der Waals surface area (Å²) in [7, 11) is 1.37. The largest absolute Gasteiger partial charge is 0.453 e. The third-order valence-corrected chi connectivity index (χ3v) is 3.78. The molecular formula is C17H22N2O4. The van der Waals surface area contributed by atoms with Crippen LogP contribution in [0.5, 0.6) is 0 Å². The fraction of sp³-hybridized carbons (Fsp3) is 0.471. The molecule has 0 bridgehead atoms. The Morgan fingerprint density at radius 1 is 1.30 bits per heavy atom. The molecule has 2 aromatic rings. The molecule has 0 saturated heterocycles. The molecule has 1 unspecified atom stereocenters. The second-order valence-corrected chi connectivity index (χ2v) is 6.62. The van der Waals surface area contributed by atoms with Crippen LogP contribution in [-0.2, 0) is 20.9 Å². The second kappa shape index (κ2) is 5.86. The molecule has 1 amide bonds. The quantitative estimate of drug-likeness (QED) is 0.679. The van der Waals surface area contributed by atoms with Gasteiger partial charge in [0.15, 0.2) is 0 Å². The van der Waals surface area contributed by atoms with Crippen molar-refractivity contribution in [3.63, 3.8) is 0 Å². The number of aromatic amines is 1. The summed E-state index contributed by atoms with van der Waals surface area (Å²) < 4.78 is 4.88. The number of fused-ring (bicyclic) bond motifs is 3. The van der Waals surface area contributed by atoms with Crippen LogP contribution in [0.3, 0.4) is 0 Å². The third kappa shape index (κ3) is 3.04. The Labute approximate surface area is 135 Å². The lowest BCUT2D eigenvalue weighted by Crippen LogP contribution is -2.42. The number of hydrogen-bond donors (Lipinski definition) is 1. The Kier molecular flexibility index (Phi) is 4.04. The van der Waals surface area contributed by atoms with Crippen LogP contribution in [0.1, 0.15) is 38.3 Å². The first-order valence-corrected chi connectivity index (χ1v) is 7.69. The number of rotatable bonds is 2. The van der Waals surface area contributed by atoms with Gasteiger partial charge in [-0.15, -0.1) is 0 Å². The molecule has 3 rings (SSSR count). The number of nitrogens with one attached hydrogen (secondary N) is 1. The standard InChI is InChI=1S/C17H22N2O4/c1-17(2,3)23-22-15-14-12(9-10-19(15)16(20)21-4)11-7-5-6-8-13(11)18-14/h5-8,15,18H,9-10H2,1-4H3. The van der Waals surface area contributed by atoms with Gasteiger partial charge in [-0.3, -0.25) is 4.90 Å². The van der Waals surface area contributed by atoms with Crippen molar-refractivity contribution in [3.8, 4) is 0 Å². The van der Waals surface area contributed by atoms with E-state index < -0.39 is 17.9 Å². The van der Waals surface area contributed by atoms with E-state index in [0.29, 0.717) is 6.54 Å². The number of methoxy groups -OCH3 is 1. The maximum atomic E-state index is 12.1. The highest BCUT2D eigenvalue weighted by atomic mass is 17.2. The number of carbonyl (C=O) groups is 1. The van der Waals surface area contributed by atoms with Crippen LogP contribution in [0.2, 0.25) is 0 Å². The summed E-state index contributed by atoms with van der Waals surface area (Å²) in [5, 5.41) is 1.15. The van der Waals surface area contributed by atoms with Crippen molar-refractivity contribution in [1.29, 1.82) is 0 Å². The van der Waals surface area contributed by atoms with Crippen molar-refractivity contribution in [2.24, 2.45) is 0 Å². The van der Waals surface area contributed by atoms with Gasteiger partial charge in [0, 0.05) is 17.4 Å². The molecule has 6 heteroatoms. The molecular weight excluding hydrogens is 296 g/mol. The molecule has 2 heterocycles. The number of amides is 1. The summed E-state index contributed by atoms with van der Waals surface area (Å²) in [5.74, 6) is 0. The number of ether oxygens (including phenoxy) is 1. The van der Waals surface area contributed by atoms with Gasteiger partial charge < -0.3 is 9.72 Å². The highest BCUT2D eigenvalue weighted by molar-refractivity contribution is 5.85. The average Bonchev–Trinajstić information content (AvgIpc) is 2.89. The van der Waals surface area contributed by atoms with E-state index in [1.54, 1.807) is 0 Å². The molecule has 1 aromatic heterocycles. The van der Waals surface area contributed by atoms with Crippen molar-refractivity contribution < 1.29 is 19.3 Å². The Balaban J connectivity index is 2.00. The van der Waals surface area contributed by atoms with E-state index >= 15 is 0 Å². The Morgan fingerprint density at radius 2 is 2.04 bits per heavy atom. The van der Waals surface area contributed by atoms with Gasteiger partial charge in [0.05, 0.1) is 18.4 Å². The zero-order chi connectivity index (χ0) is 16.6. The van der Waals surface area contributed by atoms with Crippen LogP contribution < -0.4 is 0 Å². The third-order valence-electron chi connectivity index (χ3n) is 3.78. The van der Waals surface area contributed by atoms with E-state index in [2.05, 4.69) is 11.1 Å². The normalized spacial score (nSPS) is 18.1. The maximum absolute atomic E-state index is 12.1. The van der Waals surface area contributed by atoms with E-state index in [4.69, 9.17) is 14.5 Å². The van der Waals surface area contributed by atoms with Crippen molar-refractivity contribution >= 4 is 17.0 Å². The van der Waals surface area contributed by atoms with Crippen LogP contribution >= 0.6 is 0 Å². The number of para-hydroxylation sites is 1. The molecule has 6 nitrogen and oxygen atoms in total. The van der Waals surface area contributed by atoms with Crippen LogP contribution in [0.25, 0.3) is 10.9 Å². The summed E-state index contributed by atoms with van der Waals surface area (Å²) in [5.41, 5.74) is 2.54. The molecule has 1 aromatic carbocycles. The predicted octanol–water partition coefficient (Wildman–Crippen LogP) is 3.54. The smallest absolute Gasteiger partial charge is 0.411 e. The van der Waals surface area contributed by atoms with Crippen LogP contribution in [0, 0.1) is 0 Å². The number of nitrogens with zero attached hydrogens (tertiary/aromatic N) is 1. The summed E-state index contributed by atoms with van der Waals surface area (Å²) in [6.45, 7) is 6.19. The minimum atomic E-state index is -0.655. The van der Waals surface area contributed by atoms with E-state index in [0.717, 1.165) is 28.6 Å². The van der Waals surface area contributed by atoms with Gasteiger partial charge in [-0.1, -0.05) is 18.2 Å². The van der Waals surface area contributed by atoms with Gasteiger partial charge in [-0.05, 0) is 38.8 Å². The zero-order valence-corrected chi connectivity index (χ0v) is 13.9. The molecule has 1 aliphatic rings. The van der Waals surface area contributed by atoms with Crippen molar-refractivity contribution in [1.82, 2.24) is 9.88 Å². The molecule has 23 heavy (non-hydrogen) atoms. The number of benzene rings is 1.